The van der Waals surface area contributed by atoms with Crippen LogP contribution in [0, 0.1) is 3.57 Å². The van der Waals surface area contributed by atoms with E-state index in [9.17, 15) is 29.4 Å². The number of nitrogens with zero attached hydrogens (tertiary/aromatic N) is 1. The van der Waals surface area contributed by atoms with E-state index in [2.05, 4.69) is 42.5 Å². The Balaban J connectivity index is 1.68. The molecule has 12 nitrogen and oxygen atoms in total. The molecule has 6 rings (SSSR count). The molecular formula is C35H28Br2Cl2IN3O9. The molecule has 4 bridgehead atoms. The van der Waals surface area contributed by atoms with E-state index >= 15 is 0 Å². The third kappa shape index (κ3) is 8.87. The number of alkyl carbamates (subject to hydrolysis) is 1. The fourth-order valence-corrected chi connectivity index (χ4v) is 7.89. The fourth-order valence-electron chi connectivity index (χ4n) is 5.32. The van der Waals surface area contributed by atoms with E-state index in [4.69, 9.17) is 37.4 Å². The number of hydrogen-bond donors (Lipinski definition) is 4. The number of phenols is 2. The standard InChI is InChI=1S/C35H28Br2Cl2IN3O9/c1-43-25(34(48)50-2)10-17-8-20(36)31(21(37)9-17)52-26-14-19(13-24(40)30(26)45)27(42-35(49)51-15-16-6-4-3-5-7-16)32(46)41-28(33(43)47)18-11-22(38)29(44)23(39)12-18/h3-9,11-14,25,27-28,44-45H,10,15H2,1-2H3,(H,41,46)(H,42,49)/t25-,27+,28+/m0/s1. The summed E-state index contributed by atoms with van der Waals surface area (Å²) in [6, 6.07) is 13.2. The lowest BCUT2D eigenvalue weighted by atomic mass is 9.99. The van der Waals surface area contributed by atoms with E-state index in [1.165, 1.54) is 38.4 Å². The molecule has 0 saturated heterocycles. The quantitative estimate of drug-likeness (QED) is 0.116. The topological polar surface area (TPSA) is 164 Å². The molecule has 3 amide bonds. The number of fused-ring (bicyclic) bond motifs is 9. The average Bonchev–Trinajstić information content (AvgIpc) is 3.11. The first-order valence-corrected chi connectivity index (χ1v) is 18.6. The zero-order chi connectivity index (χ0) is 37.9. The highest BCUT2D eigenvalue weighted by molar-refractivity contribution is 14.1. The maximum atomic E-state index is 14.4. The maximum Gasteiger partial charge on any atom is 0.408 e. The van der Waals surface area contributed by atoms with Crippen molar-refractivity contribution in [1.82, 2.24) is 15.5 Å². The molecule has 0 unspecified atom stereocenters. The van der Waals surface area contributed by atoms with Crippen LogP contribution < -0.4 is 15.4 Å². The van der Waals surface area contributed by atoms with E-state index in [-0.39, 0.29) is 55.0 Å². The molecule has 272 valence electrons. The number of aromatic hydroxyl groups is 2. The van der Waals surface area contributed by atoms with Crippen LogP contribution in [0.3, 0.4) is 0 Å². The molecule has 3 atom stereocenters. The van der Waals surface area contributed by atoms with E-state index in [0.717, 1.165) is 4.90 Å². The Bertz CT molecular complexity index is 2010. The van der Waals surface area contributed by atoms with Crippen LogP contribution in [0.15, 0.2) is 75.7 Å². The second-order valence-electron chi connectivity index (χ2n) is 11.4. The zero-order valence-electron chi connectivity index (χ0n) is 27.1. The summed E-state index contributed by atoms with van der Waals surface area (Å²) in [5, 5.41) is 26.1. The summed E-state index contributed by atoms with van der Waals surface area (Å²) >= 11 is 21.4. The van der Waals surface area contributed by atoms with Gasteiger partial charge in [0.1, 0.15) is 24.7 Å². The highest BCUT2D eigenvalue weighted by Crippen LogP contribution is 2.44. The molecular weight excluding hydrogens is 964 g/mol. The number of carbonyl (C=O) groups excluding carboxylic acids is 4. The molecule has 0 aromatic heterocycles. The molecule has 4 aromatic rings. The van der Waals surface area contributed by atoms with Gasteiger partial charge in [-0.25, -0.2) is 9.59 Å². The third-order valence-electron chi connectivity index (χ3n) is 8.01. The number of halogens is 5. The van der Waals surface area contributed by atoms with Crippen molar-refractivity contribution in [3.8, 4) is 23.0 Å². The molecule has 0 fully saturated rings. The Kier molecular flexibility index (Phi) is 12.8. The van der Waals surface area contributed by atoms with Crippen molar-refractivity contribution in [1.29, 1.82) is 0 Å². The smallest absolute Gasteiger partial charge is 0.408 e. The van der Waals surface area contributed by atoms with Crippen LogP contribution in [0.2, 0.25) is 10.0 Å². The van der Waals surface area contributed by atoms with Crippen LogP contribution in [-0.2, 0) is 36.9 Å². The second kappa shape index (κ2) is 16.9. The lowest BCUT2D eigenvalue weighted by Crippen LogP contribution is -2.51. The predicted molar refractivity (Wildman–Crippen MR) is 207 cm³/mol. The van der Waals surface area contributed by atoms with Gasteiger partial charge in [-0.1, -0.05) is 53.5 Å². The number of benzene rings is 4. The highest BCUT2D eigenvalue weighted by atomic mass is 127. The average molecular weight is 992 g/mol. The fraction of sp³-hybridized carbons (Fsp3) is 0.200. The SMILES string of the molecule is COC(=O)[C@@H]1Cc2cc(Br)c(c(Br)c2)Oc2cc(cc(I)c2O)[C@@H](NC(=O)OCc2ccccc2)C(=O)N[C@H](c2cc(Cl)c(O)c(Cl)c2)C(=O)N1C. The van der Waals surface area contributed by atoms with Crippen LogP contribution in [-0.4, -0.2) is 59.2 Å². The Morgan fingerprint density at radius 1 is 1.00 bits per heavy atom. The molecule has 52 heavy (non-hydrogen) atoms. The number of hydrogen-bond acceptors (Lipinski definition) is 9. The van der Waals surface area contributed by atoms with Crippen molar-refractivity contribution in [2.75, 3.05) is 14.2 Å². The minimum absolute atomic E-state index is 0.0414. The van der Waals surface area contributed by atoms with Gasteiger partial charge in [-0.3, -0.25) is 9.59 Å². The first-order valence-electron chi connectivity index (χ1n) is 15.2. The first kappa shape index (κ1) is 39.4. The van der Waals surface area contributed by atoms with Crippen molar-refractivity contribution in [3.63, 3.8) is 0 Å². The number of methoxy groups -OCH3 is 1. The summed E-state index contributed by atoms with van der Waals surface area (Å²) in [5.74, 6) is -3.00. The highest BCUT2D eigenvalue weighted by Gasteiger charge is 2.37. The lowest BCUT2D eigenvalue weighted by Gasteiger charge is -2.31. The second-order valence-corrected chi connectivity index (χ2v) is 15.1. The molecule has 4 aromatic carbocycles. The summed E-state index contributed by atoms with van der Waals surface area (Å²) < 4.78 is 17.8. The van der Waals surface area contributed by atoms with Crippen LogP contribution in [0.25, 0.3) is 0 Å². The monoisotopic (exact) mass is 989 g/mol. The number of esters is 1. The molecule has 0 spiro atoms. The first-order chi connectivity index (χ1) is 24.7. The number of rotatable bonds is 5. The Morgan fingerprint density at radius 2 is 1.63 bits per heavy atom. The van der Waals surface area contributed by atoms with Gasteiger partial charge in [-0.05, 0) is 113 Å². The zero-order valence-corrected chi connectivity index (χ0v) is 33.9. The van der Waals surface area contributed by atoms with Gasteiger partial charge < -0.3 is 40.0 Å². The third-order valence-corrected chi connectivity index (χ3v) is 10.6. The van der Waals surface area contributed by atoms with Crippen molar-refractivity contribution >= 4 is 102 Å². The summed E-state index contributed by atoms with van der Waals surface area (Å²) in [6.45, 7) is -0.119. The Morgan fingerprint density at radius 3 is 2.25 bits per heavy atom. The van der Waals surface area contributed by atoms with Gasteiger partial charge in [0.25, 0.3) is 0 Å². The van der Waals surface area contributed by atoms with Crippen LogP contribution >= 0.6 is 77.7 Å². The van der Waals surface area contributed by atoms with Crippen molar-refractivity contribution in [2.45, 2.75) is 31.2 Å². The number of carbonyl (C=O) groups is 4. The van der Waals surface area contributed by atoms with Crippen LogP contribution in [0.1, 0.15) is 34.3 Å². The predicted octanol–water partition coefficient (Wildman–Crippen LogP) is 7.71. The van der Waals surface area contributed by atoms with Gasteiger partial charge in [0.05, 0.1) is 29.7 Å². The van der Waals surface area contributed by atoms with Gasteiger partial charge in [0.15, 0.2) is 23.0 Å². The summed E-state index contributed by atoms with van der Waals surface area (Å²) in [4.78, 5) is 56.4. The maximum absolute atomic E-state index is 14.4. The molecule has 0 aliphatic carbocycles. The molecule has 0 saturated carbocycles. The Labute approximate surface area is 338 Å². The number of amides is 3. The number of phenolic OH excluding ortho intramolecular Hbond substituents is 2. The van der Waals surface area contributed by atoms with Crippen molar-refractivity contribution in [3.05, 3.63) is 112 Å². The molecule has 2 aliphatic heterocycles. The molecule has 2 heterocycles. The van der Waals surface area contributed by atoms with Crippen molar-refractivity contribution < 1.29 is 43.6 Å². The Hall–Kier alpha value is -3.77. The van der Waals surface area contributed by atoms with Crippen LogP contribution in [0.5, 0.6) is 23.0 Å². The summed E-state index contributed by atoms with van der Waals surface area (Å²) in [5.41, 5.74) is 1.45. The van der Waals surface area contributed by atoms with Gasteiger partial charge in [-0.15, -0.1) is 0 Å². The molecule has 0 radical (unpaired) electrons. The minimum atomic E-state index is -1.58. The van der Waals surface area contributed by atoms with E-state index in [1.54, 1.807) is 42.5 Å². The lowest BCUT2D eigenvalue weighted by molar-refractivity contribution is -0.152. The molecule has 4 N–H and O–H groups in total. The van der Waals surface area contributed by atoms with E-state index in [1.807, 2.05) is 22.6 Å². The van der Waals surface area contributed by atoms with Gasteiger partial charge in [0.2, 0.25) is 11.8 Å². The van der Waals surface area contributed by atoms with E-state index < -0.39 is 47.8 Å². The number of likely N-dealkylation sites (N-methyl/N-ethyl adjacent to an activating group) is 1. The summed E-state index contributed by atoms with van der Waals surface area (Å²) in [6.07, 6.45) is -1.02. The van der Waals surface area contributed by atoms with Gasteiger partial charge in [0, 0.05) is 13.5 Å². The van der Waals surface area contributed by atoms with Gasteiger partial charge in [-0.2, -0.15) is 0 Å². The van der Waals surface area contributed by atoms with E-state index in [0.29, 0.717) is 20.1 Å². The van der Waals surface area contributed by atoms with Gasteiger partial charge >= 0.3 is 12.1 Å². The minimum Gasteiger partial charge on any atom is -0.505 e. The van der Waals surface area contributed by atoms with Crippen molar-refractivity contribution in [2.24, 2.45) is 0 Å². The summed E-state index contributed by atoms with van der Waals surface area (Å²) in [7, 11) is 2.54. The number of ether oxygens (including phenoxy) is 3. The normalized spacial score (nSPS) is 17.6. The number of nitrogens with one attached hydrogen (secondary N) is 2. The van der Waals surface area contributed by atoms with Crippen LogP contribution in [0.4, 0.5) is 4.79 Å². The largest absolute Gasteiger partial charge is 0.505 e. The molecule has 17 heteroatoms. The molecule has 2 aliphatic rings.